The zero-order valence-corrected chi connectivity index (χ0v) is 18.7. The van der Waals surface area contributed by atoms with E-state index >= 15 is 4.39 Å². The molecule has 3 aromatic rings. The average molecular weight is 479 g/mol. The molecule has 0 aliphatic carbocycles. The van der Waals surface area contributed by atoms with E-state index in [9.17, 15) is 23.9 Å². The largest absolute Gasteiger partial charge is 0.503 e. The Kier molecular flexibility index (Phi) is 6.73. The van der Waals surface area contributed by atoms with E-state index in [4.69, 9.17) is 16.7 Å². The Hall–Kier alpha value is -3.46. The number of hydrogen-bond acceptors (Lipinski definition) is 4. The fourth-order valence-corrected chi connectivity index (χ4v) is 3.78. The lowest BCUT2D eigenvalue weighted by atomic mass is 9.96. The SMILES string of the molecule is Cc1c(C(C)C(=O)NCC(C)C(=O)O)c2c(F)c(O)c(F)cc2n1C(=O)c1ccc(Cl)cc1. The molecule has 1 amide bonds. The van der Waals surface area contributed by atoms with Crippen LogP contribution in [0.3, 0.4) is 0 Å². The maximum Gasteiger partial charge on any atom is 0.308 e. The second-order valence-electron chi connectivity index (χ2n) is 7.77. The van der Waals surface area contributed by atoms with Gasteiger partial charge in [0, 0.05) is 34.3 Å². The van der Waals surface area contributed by atoms with Crippen LogP contribution < -0.4 is 5.32 Å². The average Bonchev–Trinajstić information content (AvgIpc) is 3.06. The lowest BCUT2D eigenvalue weighted by molar-refractivity contribution is -0.141. The Bertz CT molecular complexity index is 1270. The van der Waals surface area contributed by atoms with E-state index in [-0.39, 0.29) is 34.3 Å². The summed E-state index contributed by atoms with van der Waals surface area (Å²) in [6.45, 7) is 4.17. The van der Waals surface area contributed by atoms with Crippen molar-refractivity contribution in [3.63, 3.8) is 0 Å². The first-order valence-electron chi connectivity index (χ1n) is 9.98. The normalized spacial score (nSPS) is 13.0. The number of carbonyl (C=O) groups is 3. The summed E-state index contributed by atoms with van der Waals surface area (Å²) < 4.78 is 30.3. The highest BCUT2D eigenvalue weighted by Crippen LogP contribution is 2.38. The zero-order valence-electron chi connectivity index (χ0n) is 17.9. The van der Waals surface area contributed by atoms with Crippen molar-refractivity contribution in [2.75, 3.05) is 6.54 Å². The standard InChI is InChI=1S/C23H21ClF2N2O5/c1-10(23(32)33)9-27-21(30)11(2)17-12(3)28(22(31)13-4-6-14(24)7-5-13)16-8-15(25)20(29)19(26)18(16)17/h4-8,10-11,29H,9H2,1-3H3,(H,27,30)(H,32,33). The van der Waals surface area contributed by atoms with Crippen LogP contribution in [0.4, 0.5) is 8.78 Å². The van der Waals surface area contributed by atoms with Crippen molar-refractivity contribution in [3.8, 4) is 5.75 Å². The summed E-state index contributed by atoms with van der Waals surface area (Å²) in [6, 6.07) is 6.71. The number of carbonyl (C=O) groups excluding carboxylic acids is 2. The molecule has 0 fully saturated rings. The Balaban J connectivity index is 2.17. The summed E-state index contributed by atoms with van der Waals surface area (Å²) >= 11 is 5.87. The lowest BCUT2D eigenvalue weighted by Gasteiger charge is -2.15. The van der Waals surface area contributed by atoms with Crippen LogP contribution in [0.1, 0.15) is 41.4 Å². The smallest absolute Gasteiger partial charge is 0.308 e. The summed E-state index contributed by atoms with van der Waals surface area (Å²) in [4.78, 5) is 37.0. The summed E-state index contributed by atoms with van der Waals surface area (Å²) in [7, 11) is 0. The Morgan fingerprint density at radius 2 is 1.76 bits per heavy atom. The summed E-state index contributed by atoms with van der Waals surface area (Å²) in [5.41, 5.74) is 0.268. The van der Waals surface area contributed by atoms with E-state index in [1.807, 2.05) is 0 Å². The van der Waals surface area contributed by atoms with Crippen LogP contribution in [0.5, 0.6) is 5.75 Å². The number of fused-ring (bicyclic) bond motifs is 1. The second-order valence-corrected chi connectivity index (χ2v) is 8.20. The molecule has 0 aliphatic rings. The van der Waals surface area contributed by atoms with Crippen LogP contribution in [-0.2, 0) is 9.59 Å². The van der Waals surface area contributed by atoms with Gasteiger partial charge in [0.2, 0.25) is 5.91 Å². The zero-order chi connectivity index (χ0) is 24.6. The maximum absolute atomic E-state index is 15.0. The number of nitrogens with one attached hydrogen (secondary N) is 1. The molecule has 3 rings (SSSR count). The molecule has 1 aromatic heterocycles. The van der Waals surface area contributed by atoms with Gasteiger partial charge in [0.05, 0.1) is 17.4 Å². The fourth-order valence-electron chi connectivity index (χ4n) is 3.65. The van der Waals surface area contributed by atoms with E-state index in [1.165, 1.54) is 45.0 Å². The molecule has 0 saturated carbocycles. The number of aliphatic carboxylic acids is 1. The predicted molar refractivity (Wildman–Crippen MR) is 118 cm³/mol. The van der Waals surface area contributed by atoms with E-state index in [1.54, 1.807) is 0 Å². The number of nitrogens with zero attached hydrogens (tertiary/aromatic N) is 1. The summed E-state index contributed by atoms with van der Waals surface area (Å²) in [5.74, 6) is -8.03. The molecular weight excluding hydrogens is 458 g/mol. The predicted octanol–water partition coefficient (Wildman–Crippen LogP) is 4.22. The Labute approximate surface area is 192 Å². The van der Waals surface area contributed by atoms with E-state index in [0.717, 1.165) is 10.6 Å². The highest BCUT2D eigenvalue weighted by molar-refractivity contribution is 6.30. The number of halogens is 3. The molecule has 1 heterocycles. The molecule has 0 spiro atoms. The number of aromatic hydroxyl groups is 1. The van der Waals surface area contributed by atoms with Gasteiger partial charge in [-0.2, -0.15) is 0 Å². The van der Waals surface area contributed by atoms with Crippen molar-refractivity contribution < 1.29 is 33.4 Å². The molecule has 0 radical (unpaired) electrons. The summed E-state index contributed by atoms with van der Waals surface area (Å²) in [6.07, 6.45) is 0. The van der Waals surface area contributed by atoms with Gasteiger partial charge in [0.25, 0.3) is 5.91 Å². The number of rotatable bonds is 6. The number of phenols is 1. The van der Waals surface area contributed by atoms with Gasteiger partial charge in [-0.15, -0.1) is 0 Å². The van der Waals surface area contributed by atoms with Crippen molar-refractivity contribution in [3.05, 3.63) is 63.8 Å². The van der Waals surface area contributed by atoms with Crippen molar-refractivity contribution in [2.45, 2.75) is 26.7 Å². The Morgan fingerprint density at radius 1 is 1.15 bits per heavy atom. The van der Waals surface area contributed by atoms with E-state index < -0.39 is 47.0 Å². The van der Waals surface area contributed by atoms with Gasteiger partial charge in [-0.3, -0.25) is 19.0 Å². The maximum atomic E-state index is 15.0. The van der Waals surface area contributed by atoms with Gasteiger partial charge in [-0.1, -0.05) is 18.5 Å². The molecule has 2 aromatic carbocycles. The molecule has 0 saturated heterocycles. The van der Waals surface area contributed by atoms with Crippen LogP contribution in [0.15, 0.2) is 30.3 Å². The topological polar surface area (TPSA) is 109 Å². The first-order valence-corrected chi connectivity index (χ1v) is 10.4. The third-order valence-electron chi connectivity index (χ3n) is 5.53. The van der Waals surface area contributed by atoms with Crippen molar-refractivity contribution in [1.82, 2.24) is 9.88 Å². The quantitative estimate of drug-likeness (QED) is 0.491. The minimum absolute atomic E-state index is 0.0700. The molecule has 10 heteroatoms. The molecule has 3 N–H and O–H groups in total. The highest BCUT2D eigenvalue weighted by Gasteiger charge is 2.31. The van der Waals surface area contributed by atoms with Gasteiger partial charge in [-0.05, 0) is 43.7 Å². The highest BCUT2D eigenvalue weighted by atomic mass is 35.5. The summed E-state index contributed by atoms with van der Waals surface area (Å²) in [5, 5.41) is 21.5. The molecule has 33 heavy (non-hydrogen) atoms. The number of hydrogen-bond donors (Lipinski definition) is 3. The van der Waals surface area contributed by atoms with Crippen LogP contribution in [-0.4, -0.2) is 39.1 Å². The third kappa shape index (κ3) is 4.41. The number of benzene rings is 2. The molecule has 2 unspecified atom stereocenters. The molecule has 7 nitrogen and oxygen atoms in total. The van der Waals surface area contributed by atoms with Crippen LogP contribution in [0.25, 0.3) is 10.9 Å². The van der Waals surface area contributed by atoms with Gasteiger partial charge in [-0.25, -0.2) is 8.78 Å². The van der Waals surface area contributed by atoms with E-state index in [0.29, 0.717) is 5.02 Å². The molecule has 0 aliphatic heterocycles. The number of carboxylic acids is 1. The second kappa shape index (κ2) is 9.19. The van der Waals surface area contributed by atoms with Crippen molar-refractivity contribution in [2.24, 2.45) is 5.92 Å². The molecule has 2 atom stereocenters. The monoisotopic (exact) mass is 478 g/mol. The minimum Gasteiger partial charge on any atom is -0.503 e. The Morgan fingerprint density at radius 3 is 2.33 bits per heavy atom. The van der Waals surface area contributed by atoms with Crippen molar-refractivity contribution >= 4 is 40.3 Å². The number of phenolic OH excluding ortho intramolecular Hbond substituents is 1. The van der Waals surface area contributed by atoms with Crippen LogP contribution in [0.2, 0.25) is 5.02 Å². The molecular formula is C23H21ClF2N2O5. The molecule has 0 bridgehead atoms. The van der Waals surface area contributed by atoms with Crippen LogP contribution in [0, 0.1) is 24.5 Å². The van der Waals surface area contributed by atoms with Crippen LogP contribution >= 0.6 is 11.6 Å². The number of amides is 1. The van der Waals surface area contributed by atoms with Crippen molar-refractivity contribution in [1.29, 1.82) is 0 Å². The minimum atomic E-state index is -1.30. The van der Waals surface area contributed by atoms with Gasteiger partial charge >= 0.3 is 5.97 Å². The lowest BCUT2D eigenvalue weighted by Crippen LogP contribution is -2.34. The molecule has 174 valence electrons. The van der Waals surface area contributed by atoms with E-state index in [2.05, 4.69) is 5.32 Å². The van der Waals surface area contributed by atoms with Gasteiger partial charge in [0.15, 0.2) is 17.4 Å². The first kappa shape index (κ1) is 24.2. The van der Waals surface area contributed by atoms with Gasteiger partial charge in [0.1, 0.15) is 0 Å². The number of aromatic nitrogens is 1. The number of carboxylic acid groups (broad SMARTS) is 1. The third-order valence-corrected chi connectivity index (χ3v) is 5.79. The fraction of sp³-hybridized carbons (Fsp3) is 0.261. The first-order chi connectivity index (χ1) is 15.5. The van der Waals surface area contributed by atoms with Gasteiger partial charge < -0.3 is 15.5 Å².